The molecule has 0 atom stereocenters. The van der Waals surface area contributed by atoms with Gasteiger partial charge in [-0.3, -0.25) is 0 Å². The fourth-order valence-electron chi connectivity index (χ4n) is 3.04. The van der Waals surface area contributed by atoms with Crippen LogP contribution in [-0.2, 0) is 32.1 Å². The normalized spacial score (nSPS) is 12.9. The van der Waals surface area contributed by atoms with E-state index in [1.54, 1.807) is 38.1 Å². The first-order chi connectivity index (χ1) is 14.1. The summed E-state index contributed by atoms with van der Waals surface area (Å²) < 4.78 is 61.4. The molecule has 0 saturated carbocycles. The Balaban J connectivity index is 2.41. The van der Waals surface area contributed by atoms with Gasteiger partial charge in [0.25, 0.3) is 0 Å². The molecule has 172 valence electrons. The summed E-state index contributed by atoms with van der Waals surface area (Å²) in [4.78, 5) is 0.204. The van der Waals surface area contributed by atoms with Crippen molar-refractivity contribution < 1.29 is 25.8 Å². The van der Waals surface area contributed by atoms with E-state index in [0.717, 1.165) is 11.8 Å². The Kier molecular flexibility index (Phi) is 7.45. The van der Waals surface area contributed by atoms with Crippen LogP contribution in [0.2, 0.25) is 0 Å². The minimum atomic E-state index is -3.78. The van der Waals surface area contributed by atoms with Crippen LogP contribution in [-0.4, -0.2) is 40.5 Å². The highest BCUT2D eigenvalue weighted by Crippen LogP contribution is 2.31. The number of rotatable bonds is 8. The predicted molar refractivity (Wildman–Crippen MR) is 121 cm³/mol. The molecule has 0 aliphatic carbocycles. The van der Waals surface area contributed by atoms with Crippen molar-refractivity contribution in [2.24, 2.45) is 0 Å². The molecule has 2 aromatic carbocycles. The van der Waals surface area contributed by atoms with Gasteiger partial charge in [-0.25, -0.2) is 8.42 Å². The summed E-state index contributed by atoms with van der Waals surface area (Å²) in [5.74, 6) is 0.254. The summed E-state index contributed by atoms with van der Waals surface area (Å²) in [6, 6.07) is 11.3. The molecule has 0 unspecified atom stereocenters. The summed E-state index contributed by atoms with van der Waals surface area (Å²) in [5, 5.41) is 0. The monoisotopic (exact) mass is 469 g/mol. The van der Waals surface area contributed by atoms with Crippen LogP contribution in [0.3, 0.4) is 0 Å². The third-order valence-electron chi connectivity index (χ3n) is 4.71. The summed E-state index contributed by atoms with van der Waals surface area (Å²) >= 11 is 0. The van der Waals surface area contributed by atoms with Crippen molar-refractivity contribution in [3.05, 3.63) is 53.6 Å². The van der Waals surface area contributed by atoms with Crippen LogP contribution in [0.15, 0.2) is 47.4 Å². The SMILES string of the molecule is COc1ccc(CN(C(C)C)S(=O)(=O)c2ccc(C(C)(C)C)cc2)cc1OS(C)(=O)=O. The molecule has 2 aromatic rings. The minimum Gasteiger partial charge on any atom is -0.493 e. The van der Waals surface area contributed by atoms with Gasteiger partial charge in [0.1, 0.15) is 0 Å². The maximum atomic E-state index is 13.4. The van der Waals surface area contributed by atoms with E-state index in [4.69, 9.17) is 8.92 Å². The minimum absolute atomic E-state index is 0.0122. The summed E-state index contributed by atoms with van der Waals surface area (Å²) in [6.45, 7) is 9.83. The number of hydrogen-bond donors (Lipinski definition) is 0. The van der Waals surface area contributed by atoms with Crippen LogP contribution >= 0.6 is 0 Å². The zero-order chi connectivity index (χ0) is 23.6. The van der Waals surface area contributed by atoms with Crippen molar-refractivity contribution in [1.82, 2.24) is 4.31 Å². The van der Waals surface area contributed by atoms with Crippen molar-refractivity contribution >= 4 is 20.1 Å². The van der Waals surface area contributed by atoms with Gasteiger partial charge < -0.3 is 8.92 Å². The van der Waals surface area contributed by atoms with Crippen molar-refractivity contribution in [2.45, 2.75) is 57.5 Å². The molecule has 0 saturated heterocycles. The van der Waals surface area contributed by atoms with Crippen molar-refractivity contribution in [3.8, 4) is 11.5 Å². The van der Waals surface area contributed by atoms with Gasteiger partial charge >= 0.3 is 10.1 Å². The highest BCUT2D eigenvalue weighted by atomic mass is 32.2. The predicted octanol–water partition coefficient (Wildman–Crippen LogP) is 3.93. The molecule has 0 N–H and O–H groups in total. The molecule has 0 fully saturated rings. The number of benzene rings is 2. The smallest absolute Gasteiger partial charge is 0.306 e. The van der Waals surface area contributed by atoms with E-state index in [0.29, 0.717) is 5.56 Å². The van der Waals surface area contributed by atoms with Gasteiger partial charge in [-0.1, -0.05) is 39.0 Å². The molecule has 0 radical (unpaired) electrons. The van der Waals surface area contributed by atoms with E-state index in [9.17, 15) is 16.8 Å². The number of methoxy groups -OCH3 is 1. The summed E-state index contributed by atoms with van der Waals surface area (Å²) in [5.41, 5.74) is 1.53. The van der Waals surface area contributed by atoms with E-state index in [2.05, 4.69) is 20.8 Å². The lowest BCUT2D eigenvalue weighted by molar-refractivity contribution is 0.346. The first-order valence-corrected chi connectivity index (χ1v) is 13.1. The molecule has 2 rings (SSSR count). The fraction of sp³-hybridized carbons (Fsp3) is 0.455. The zero-order valence-electron chi connectivity index (χ0n) is 19.0. The Bertz CT molecular complexity index is 1120. The van der Waals surface area contributed by atoms with Gasteiger partial charge in [-0.15, -0.1) is 0 Å². The van der Waals surface area contributed by atoms with Gasteiger partial charge in [0, 0.05) is 12.6 Å². The second-order valence-corrected chi connectivity index (χ2v) is 12.2. The van der Waals surface area contributed by atoms with Crippen LogP contribution in [0.1, 0.15) is 45.7 Å². The van der Waals surface area contributed by atoms with E-state index < -0.39 is 20.1 Å². The van der Waals surface area contributed by atoms with Crippen molar-refractivity contribution in [1.29, 1.82) is 0 Å². The Labute approximate surface area is 186 Å². The highest BCUT2D eigenvalue weighted by Gasteiger charge is 2.28. The third-order valence-corrected chi connectivity index (χ3v) is 7.23. The van der Waals surface area contributed by atoms with Crippen LogP contribution in [0.5, 0.6) is 11.5 Å². The Morgan fingerprint density at radius 2 is 1.52 bits per heavy atom. The number of hydrogen-bond acceptors (Lipinski definition) is 6. The van der Waals surface area contributed by atoms with Gasteiger partial charge in [0.05, 0.1) is 18.3 Å². The van der Waals surface area contributed by atoms with Gasteiger partial charge in [-0.2, -0.15) is 12.7 Å². The molecule has 0 spiro atoms. The Morgan fingerprint density at radius 1 is 0.935 bits per heavy atom. The average molecular weight is 470 g/mol. The fourth-order valence-corrected chi connectivity index (χ4v) is 5.12. The second-order valence-electron chi connectivity index (χ2n) is 8.69. The quantitative estimate of drug-likeness (QED) is 0.544. The maximum absolute atomic E-state index is 13.4. The lowest BCUT2D eigenvalue weighted by Crippen LogP contribution is -2.36. The van der Waals surface area contributed by atoms with Crippen LogP contribution in [0.25, 0.3) is 0 Å². The lowest BCUT2D eigenvalue weighted by Gasteiger charge is -2.27. The van der Waals surface area contributed by atoms with Gasteiger partial charge in [0.15, 0.2) is 11.5 Å². The molecule has 0 heterocycles. The zero-order valence-corrected chi connectivity index (χ0v) is 20.7. The van der Waals surface area contributed by atoms with Crippen LogP contribution in [0.4, 0.5) is 0 Å². The second kappa shape index (κ2) is 9.18. The molecule has 9 heteroatoms. The molecular weight excluding hydrogens is 438 g/mol. The molecule has 7 nitrogen and oxygen atoms in total. The average Bonchev–Trinajstić information content (AvgIpc) is 2.64. The summed E-state index contributed by atoms with van der Waals surface area (Å²) in [7, 11) is -6.15. The standard InChI is InChI=1S/C22H31NO6S2/c1-16(2)23(31(26,27)19-11-9-18(10-12-19)22(3,4)5)15-17-8-13-20(28-6)21(14-17)29-30(7,24)25/h8-14,16H,15H2,1-7H3. The molecule has 0 aliphatic heterocycles. The first kappa shape index (κ1) is 25.2. The van der Waals surface area contributed by atoms with E-state index in [-0.39, 0.29) is 34.4 Å². The highest BCUT2D eigenvalue weighted by molar-refractivity contribution is 7.89. The van der Waals surface area contributed by atoms with Crippen LogP contribution < -0.4 is 8.92 Å². The van der Waals surface area contributed by atoms with E-state index in [1.807, 2.05) is 12.1 Å². The van der Waals surface area contributed by atoms with Gasteiger partial charge in [0.2, 0.25) is 10.0 Å². The molecule has 31 heavy (non-hydrogen) atoms. The Morgan fingerprint density at radius 3 is 1.97 bits per heavy atom. The molecule has 0 amide bonds. The third kappa shape index (κ3) is 6.44. The largest absolute Gasteiger partial charge is 0.493 e. The molecular formula is C22H31NO6S2. The summed E-state index contributed by atoms with van der Waals surface area (Å²) in [6.07, 6.45) is 0.936. The lowest BCUT2D eigenvalue weighted by atomic mass is 9.87. The molecule has 0 aliphatic rings. The number of nitrogens with zero attached hydrogens (tertiary/aromatic N) is 1. The number of sulfonamides is 1. The first-order valence-electron chi connectivity index (χ1n) is 9.84. The topological polar surface area (TPSA) is 90.0 Å². The van der Waals surface area contributed by atoms with Crippen molar-refractivity contribution in [2.75, 3.05) is 13.4 Å². The number of ether oxygens (including phenoxy) is 1. The molecule has 0 bridgehead atoms. The van der Waals surface area contributed by atoms with Crippen molar-refractivity contribution in [3.63, 3.8) is 0 Å². The maximum Gasteiger partial charge on any atom is 0.306 e. The molecule has 0 aromatic heterocycles. The Hall–Kier alpha value is -2.10. The van der Waals surface area contributed by atoms with E-state index in [1.165, 1.54) is 17.5 Å². The van der Waals surface area contributed by atoms with E-state index >= 15 is 0 Å². The van der Waals surface area contributed by atoms with Gasteiger partial charge in [-0.05, 0) is 54.7 Å². The van der Waals surface area contributed by atoms with Crippen LogP contribution in [0, 0.1) is 0 Å².